The first-order valence-electron chi connectivity index (χ1n) is 5.89. The third-order valence-electron chi connectivity index (χ3n) is 2.93. The first-order chi connectivity index (χ1) is 8.68. The van der Waals surface area contributed by atoms with E-state index in [9.17, 15) is 4.39 Å². The molecular formula is C15H15BrFN. The minimum atomic E-state index is -0.163. The SMILES string of the molecule is CC(NCc1ccccc1F)c1ccccc1Br. The van der Waals surface area contributed by atoms with Crippen LogP contribution in [0.2, 0.25) is 0 Å². The van der Waals surface area contributed by atoms with Crippen LogP contribution in [0.3, 0.4) is 0 Å². The summed E-state index contributed by atoms with van der Waals surface area (Å²) in [6.45, 7) is 2.59. The summed E-state index contributed by atoms with van der Waals surface area (Å²) in [7, 11) is 0. The molecule has 0 heterocycles. The lowest BCUT2D eigenvalue weighted by atomic mass is 10.1. The third-order valence-corrected chi connectivity index (χ3v) is 3.65. The monoisotopic (exact) mass is 307 g/mol. The van der Waals surface area contributed by atoms with Gasteiger partial charge in [0.05, 0.1) is 0 Å². The van der Waals surface area contributed by atoms with Gasteiger partial charge in [-0.3, -0.25) is 0 Å². The summed E-state index contributed by atoms with van der Waals surface area (Å²) in [4.78, 5) is 0. The molecule has 2 aromatic rings. The summed E-state index contributed by atoms with van der Waals surface area (Å²) in [5.41, 5.74) is 1.87. The first-order valence-corrected chi connectivity index (χ1v) is 6.69. The Hall–Kier alpha value is -1.19. The second-order valence-electron chi connectivity index (χ2n) is 4.22. The van der Waals surface area contributed by atoms with Crippen molar-refractivity contribution in [2.45, 2.75) is 19.5 Å². The van der Waals surface area contributed by atoms with Crippen molar-refractivity contribution in [3.8, 4) is 0 Å². The van der Waals surface area contributed by atoms with Gasteiger partial charge >= 0.3 is 0 Å². The van der Waals surface area contributed by atoms with Crippen molar-refractivity contribution in [3.05, 3.63) is 69.9 Å². The Morgan fingerprint density at radius 3 is 2.50 bits per heavy atom. The van der Waals surface area contributed by atoms with E-state index in [4.69, 9.17) is 0 Å². The number of rotatable bonds is 4. The van der Waals surface area contributed by atoms with Crippen molar-refractivity contribution in [1.82, 2.24) is 5.32 Å². The summed E-state index contributed by atoms with van der Waals surface area (Å²) in [6.07, 6.45) is 0. The molecule has 1 N–H and O–H groups in total. The third kappa shape index (κ3) is 3.18. The van der Waals surface area contributed by atoms with Crippen LogP contribution in [-0.2, 0) is 6.54 Å². The molecule has 0 spiro atoms. The van der Waals surface area contributed by atoms with Gasteiger partial charge in [0, 0.05) is 22.6 Å². The molecule has 0 amide bonds. The molecule has 94 valence electrons. The Morgan fingerprint density at radius 1 is 1.11 bits per heavy atom. The van der Waals surface area contributed by atoms with E-state index in [1.165, 1.54) is 11.6 Å². The van der Waals surface area contributed by atoms with Crippen LogP contribution in [0.5, 0.6) is 0 Å². The van der Waals surface area contributed by atoms with Crippen LogP contribution in [0.25, 0.3) is 0 Å². The van der Waals surface area contributed by atoms with E-state index in [1.54, 1.807) is 12.1 Å². The van der Waals surface area contributed by atoms with Crippen LogP contribution in [-0.4, -0.2) is 0 Å². The molecular weight excluding hydrogens is 293 g/mol. The minimum absolute atomic E-state index is 0.163. The van der Waals surface area contributed by atoms with E-state index in [-0.39, 0.29) is 11.9 Å². The smallest absolute Gasteiger partial charge is 0.127 e. The van der Waals surface area contributed by atoms with E-state index in [0.29, 0.717) is 12.1 Å². The van der Waals surface area contributed by atoms with Crippen LogP contribution >= 0.6 is 15.9 Å². The highest BCUT2D eigenvalue weighted by Crippen LogP contribution is 2.23. The Bertz CT molecular complexity index is 527. The molecule has 1 unspecified atom stereocenters. The molecule has 0 radical (unpaired) electrons. The van der Waals surface area contributed by atoms with Gasteiger partial charge in [0.15, 0.2) is 0 Å². The van der Waals surface area contributed by atoms with Crippen molar-refractivity contribution >= 4 is 15.9 Å². The molecule has 3 heteroatoms. The fourth-order valence-electron chi connectivity index (χ4n) is 1.84. The molecule has 0 saturated carbocycles. The van der Waals surface area contributed by atoms with Crippen LogP contribution in [0.15, 0.2) is 53.0 Å². The average Bonchev–Trinajstić information content (AvgIpc) is 2.38. The number of benzene rings is 2. The molecule has 1 nitrogen and oxygen atoms in total. The van der Waals surface area contributed by atoms with Crippen molar-refractivity contribution in [3.63, 3.8) is 0 Å². The number of halogens is 2. The summed E-state index contributed by atoms with van der Waals surface area (Å²) < 4.78 is 14.5. The van der Waals surface area contributed by atoms with Gasteiger partial charge in [-0.05, 0) is 24.6 Å². The molecule has 2 rings (SSSR count). The Labute approximate surface area is 115 Å². The van der Waals surface area contributed by atoms with Crippen molar-refractivity contribution in [1.29, 1.82) is 0 Å². The fourth-order valence-corrected chi connectivity index (χ4v) is 2.47. The molecule has 0 aromatic heterocycles. The van der Waals surface area contributed by atoms with Crippen molar-refractivity contribution < 1.29 is 4.39 Å². The maximum atomic E-state index is 13.5. The van der Waals surface area contributed by atoms with Gasteiger partial charge in [-0.2, -0.15) is 0 Å². The zero-order valence-electron chi connectivity index (χ0n) is 10.2. The summed E-state index contributed by atoms with van der Waals surface area (Å²) in [5.74, 6) is -0.163. The van der Waals surface area contributed by atoms with Crippen molar-refractivity contribution in [2.24, 2.45) is 0 Å². The van der Waals surface area contributed by atoms with Crippen LogP contribution < -0.4 is 5.32 Å². The zero-order chi connectivity index (χ0) is 13.0. The largest absolute Gasteiger partial charge is 0.306 e. The van der Waals surface area contributed by atoms with Gasteiger partial charge in [-0.1, -0.05) is 52.3 Å². The summed E-state index contributed by atoms with van der Waals surface area (Å²) in [6, 6.07) is 15.1. The molecule has 2 aromatic carbocycles. The van der Waals surface area contributed by atoms with E-state index in [1.807, 2.05) is 24.3 Å². The maximum absolute atomic E-state index is 13.5. The predicted octanol–water partition coefficient (Wildman–Crippen LogP) is 4.44. The van der Waals surface area contributed by atoms with Gasteiger partial charge in [0.1, 0.15) is 5.82 Å². The highest BCUT2D eigenvalue weighted by atomic mass is 79.9. The number of hydrogen-bond acceptors (Lipinski definition) is 1. The number of hydrogen-bond donors (Lipinski definition) is 1. The van der Waals surface area contributed by atoms with Gasteiger partial charge in [-0.25, -0.2) is 4.39 Å². The lowest BCUT2D eigenvalue weighted by Crippen LogP contribution is -2.19. The lowest BCUT2D eigenvalue weighted by molar-refractivity contribution is 0.543. The average molecular weight is 308 g/mol. The zero-order valence-corrected chi connectivity index (χ0v) is 11.7. The van der Waals surface area contributed by atoms with E-state index < -0.39 is 0 Å². The summed E-state index contributed by atoms with van der Waals surface area (Å²) in [5, 5.41) is 3.33. The summed E-state index contributed by atoms with van der Waals surface area (Å²) >= 11 is 3.52. The molecule has 0 fully saturated rings. The van der Waals surface area contributed by atoms with Crippen LogP contribution in [0, 0.1) is 5.82 Å². The van der Waals surface area contributed by atoms with E-state index >= 15 is 0 Å². The Kier molecular flexibility index (Phi) is 4.50. The molecule has 0 aliphatic rings. The van der Waals surface area contributed by atoms with Crippen LogP contribution in [0.4, 0.5) is 4.39 Å². The molecule has 18 heavy (non-hydrogen) atoms. The fraction of sp³-hybridized carbons (Fsp3) is 0.200. The first kappa shape index (κ1) is 13.2. The van der Waals surface area contributed by atoms with E-state index in [2.05, 4.69) is 34.2 Å². The Morgan fingerprint density at radius 2 is 1.78 bits per heavy atom. The molecule has 0 aliphatic heterocycles. The normalized spacial score (nSPS) is 12.4. The van der Waals surface area contributed by atoms with Gasteiger partial charge in [0.2, 0.25) is 0 Å². The van der Waals surface area contributed by atoms with Gasteiger partial charge in [0.25, 0.3) is 0 Å². The Balaban J connectivity index is 2.03. The van der Waals surface area contributed by atoms with Gasteiger partial charge in [-0.15, -0.1) is 0 Å². The molecule has 1 atom stereocenters. The lowest BCUT2D eigenvalue weighted by Gasteiger charge is -2.16. The second kappa shape index (κ2) is 6.12. The second-order valence-corrected chi connectivity index (χ2v) is 5.07. The maximum Gasteiger partial charge on any atom is 0.127 e. The number of nitrogens with one attached hydrogen (secondary N) is 1. The quantitative estimate of drug-likeness (QED) is 0.880. The topological polar surface area (TPSA) is 12.0 Å². The van der Waals surface area contributed by atoms with Gasteiger partial charge < -0.3 is 5.32 Å². The standard InChI is InChI=1S/C15H15BrFN/c1-11(13-7-3-4-8-14(13)16)18-10-12-6-2-5-9-15(12)17/h2-9,11,18H,10H2,1H3. The highest BCUT2D eigenvalue weighted by Gasteiger charge is 2.09. The highest BCUT2D eigenvalue weighted by molar-refractivity contribution is 9.10. The molecule has 0 saturated heterocycles. The van der Waals surface area contributed by atoms with E-state index in [0.717, 1.165) is 4.47 Å². The molecule has 0 bridgehead atoms. The predicted molar refractivity (Wildman–Crippen MR) is 75.8 cm³/mol. The van der Waals surface area contributed by atoms with Crippen molar-refractivity contribution in [2.75, 3.05) is 0 Å². The minimum Gasteiger partial charge on any atom is -0.306 e. The molecule has 0 aliphatic carbocycles. The van der Waals surface area contributed by atoms with Crippen LogP contribution in [0.1, 0.15) is 24.1 Å².